The van der Waals surface area contributed by atoms with Gasteiger partial charge in [-0.25, -0.2) is 4.98 Å². The minimum absolute atomic E-state index is 0.187. The molecule has 128 valence electrons. The third-order valence-electron chi connectivity index (χ3n) is 4.24. The summed E-state index contributed by atoms with van der Waals surface area (Å²) in [6.07, 6.45) is 6.15. The Balaban J connectivity index is 1.98. The average Bonchev–Trinajstić information content (AvgIpc) is 3.23. The number of carbonyl (C=O) groups is 1. The molecule has 6 nitrogen and oxygen atoms in total. The molecule has 4 rings (SSSR count). The van der Waals surface area contributed by atoms with E-state index in [2.05, 4.69) is 4.98 Å². The van der Waals surface area contributed by atoms with Crippen LogP contribution in [0.1, 0.15) is 10.4 Å². The first kappa shape index (κ1) is 15.8. The van der Waals surface area contributed by atoms with Crippen molar-refractivity contribution in [2.45, 2.75) is 0 Å². The van der Waals surface area contributed by atoms with Gasteiger partial charge in [-0.2, -0.15) is 0 Å². The van der Waals surface area contributed by atoms with Gasteiger partial charge in [-0.3, -0.25) is 18.7 Å². The number of fused-ring (bicyclic) bond motifs is 1. The van der Waals surface area contributed by atoms with E-state index in [0.717, 1.165) is 0 Å². The van der Waals surface area contributed by atoms with E-state index in [4.69, 9.17) is 4.74 Å². The number of aromatic nitrogens is 3. The third-order valence-corrected chi connectivity index (χ3v) is 4.24. The summed E-state index contributed by atoms with van der Waals surface area (Å²) in [5, 5.41) is 1.09. The number of methoxy groups -OCH3 is 1. The van der Waals surface area contributed by atoms with Crippen molar-refractivity contribution in [3.63, 3.8) is 0 Å². The monoisotopic (exact) mass is 345 g/mol. The molecule has 6 heteroatoms. The quantitative estimate of drug-likeness (QED) is 0.573. The minimum atomic E-state index is -0.249. The largest absolute Gasteiger partial charge is 0.497 e. The van der Waals surface area contributed by atoms with Crippen molar-refractivity contribution >= 4 is 16.7 Å². The van der Waals surface area contributed by atoms with Crippen LogP contribution in [0.2, 0.25) is 0 Å². The molecule has 2 heterocycles. The van der Waals surface area contributed by atoms with E-state index in [1.807, 2.05) is 6.07 Å². The van der Waals surface area contributed by atoms with Gasteiger partial charge in [0.1, 0.15) is 12.1 Å². The van der Waals surface area contributed by atoms with Crippen molar-refractivity contribution in [1.82, 2.24) is 14.1 Å². The van der Waals surface area contributed by atoms with Crippen LogP contribution >= 0.6 is 0 Å². The standard InChI is InChI=1S/C20H15N3O3/c1-26-15-8-6-14(7-9-15)23-12-18(19(24)22-11-10-21-13-22)16-4-2-3-5-17(16)20(23)25/h2-13H,1H3. The normalized spacial score (nSPS) is 10.8. The Morgan fingerprint density at radius 2 is 1.77 bits per heavy atom. The van der Waals surface area contributed by atoms with Crippen LogP contribution in [-0.4, -0.2) is 27.1 Å². The van der Waals surface area contributed by atoms with Gasteiger partial charge in [-0.1, -0.05) is 18.2 Å². The number of nitrogens with zero attached hydrogens (tertiary/aromatic N) is 3. The molecule has 0 amide bonds. The molecule has 0 saturated carbocycles. The second kappa shape index (κ2) is 6.33. The zero-order valence-electron chi connectivity index (χ0n) is 14.0. The molecule has 0 aliphatic carbocycles. The lowest BCUT2D eigenvalue weighted by Gasteiger charge is -2.12. The van der Waals surface area contributed by atoms with Gasteiger partial charge in [0.15, 0.2) is 0 Å². The molecule has 0 saturated heterocycles. The lowest BCUT2D eigenvalue weighted by atomic mass is 10.1. The highest BCUT2D eigenvalue weighted by molar-refractivity contribution is 6.07. The fourth-order valence-corrected chi connectivity index (χ4v) is 2.91. The second-order valence-electron chi connectivity index (χ2n) is 5.74. The molecular weight excluding hydrogens is 330 g/mol. The van der Waals surface area contributed by atoms with E-state index in [9.17, 15) is 9.59 Å². The van der Waals surface area contributed by atoms with Gasteiger partial charge in [0.2, 0.25) is 0 Å². The number of ether oxygens (including phenoxy) is 1. The molecular formula is C20H15N3O3. The van der Waals surface area contributed by atoms with Gasteiger partial charge in [0.05, 0.1) is 12.7 Å². The second-order valence-corrected chi connectivity index (χ2v) is 5.74. The van der Waals surface area contributed by atoms with E-state index in [1.165, 1.54) is 15.5 Å². The van der Waals surface area contributed by atoms with Gasteiger partial charge in [0.25, 0.3) is 11.5 Å². The molecule has 0 atom stereocenters. The number of rotatable bonds is 3. The van der Waals surface area contributed by atoms with Crippen molar-refractivity contribution in [3.8, 4) is 11.4 Å². The van der Waals surface area contributed by atoms with Gasteiger partial charge >= 0.3 is 0 Å². The predicted octanol–water partition coefficient (Wildman–Crippen LogP) is 2.88. The predicted molar refractivity (Wildman–Crippen MR) is 98.1 cm³/mol. The SMILES string of the molecule is COc1ccc(-n2cc(C(=O)n3ccnc3)c3ccccc3c2=O)cc1. The number of hydrogen-bond donors (Lipinski definition) is 0. The number of imidazole rings is 1. The van der Waals surface area contributed by atoms with Crippen LogP contribution in [-0.2, 0) is 0 Å². The number of benzene rings is 2. The summed E-state index contributed by atoms with van der Waals surface area (Å²) >= 11 is 0. The van der Waals surface area contributed by atoms with Crippen LogP contribution in [0, 0.1) is 0 Å². The Labute approximate surface area is 148 Å². The number of carbonyl (C=O) groups excluding carboxylic acids is 1. The molecule has 0 aliphatic heterocycles. The molecule has 0 radical (unpaired) electrons. The van der Waals surface area contributed by atoms with Crippen molar-refractivity contribution in [1.29, 1.82) is 0 Å². The summed E-state index contributed by atoms with van der Waals surface area (Å²) in [7, 11) is 1.58. The first-order valence-corrected chi connectivity index (χ1v) is 8.00. The Morgan fingerprint density at radius 1 is 1.04 bits per heavy atom. The van der Waals surface area contributed by atoms with Crippen LogP contribution in [0.4, 0.5) is 0 Å². The maximum absolute atomic E-state index is 12.9. The van der Waals surface area contributed by atoms with Gasteiger partial charge in [0, 0.05) is 35.1 Å². The highest BCUT2D eigenvalue weighted by Gasteiger charge is 2.16. The fraction of sp³-hybridized carbons (Fsp3) is 0.0500. The molecule has 2 aromatic heterocycles. The lowest BCUT2D eigenvalue weighted by molar-refractivity contribution is 0.0961. The summed E-state index contributed by atoms with van der Waals surface area (Å²) in [6.45, 7) is 0. The van der Waals surface area contributed by atoms with Crippen LogP contribution in [0.5, 0.6) is 5.75 Å². The first-order chi connectivity index (χ1) is 12.7. The average molecular weight is 345 g/mol. The Morgan fingerprint density at radius 3 is 2.42 bits per heavy atom. The molecule has 26 heavy (non-hydrogen) atoms. The summed E-state index contributed by atoms with van der Waals surface area (Å²) < 4.78 is 8.04. The number of hydrogen-bond acceptors (Lipinski definition) is 4. The Kier molecular flexibility index (Phi) is 3.85. The maximum Gasteiger partial charge on any atom is 0.265 e. The molecule has 0 spiro atoms. The topological polar surface area (TPSA) is 66.1 Å². The van der Waals surface area contributed by atoms with Crippen LogP contribution in [0.3, 0.4) is 0 Å². The zero-order valence-corrected chi connectivity index (χ0v) is 14.0. The van der Waals surface area contributed by atoms with Crippen molar-refractivity contribution in [2.75, 3.05) is 7.11 Å². The third kappa shape index (κ3) is 2.57. The van der Waals surface area contributed by atoms with Crippen molar-refractivity contribution < 1.29 is 9.53 Å². The van der Waals surface area contributed by atoms with E-state index >= 15 is 0 Å². The molecule has 0 bridgehead atoms. The van der Waals surface area contributed by atoms with Crippen molar-refractivity contribution in [2.24, 2.45) is 0 Å². The molecule has 2 aromatic carbocycles. The van der Waals surface area contributed by atoms with E-state index in [1.54, 1.807) is 68.2 Å². The minimum Gasteiger partial charge on any atom is -0.497 e. The van der Waals surface area contributed by atoms with Gasteiger partial charge < -0.3 is 4.74 Å². The fourth-order valence-electron chi connectivity index (χ4n) is 2.91. The molecule has 0 aliphatic rings. The van der Waals surface area contributed by atoms with Crippen LogP contribution in [0.15, 0.2) is 78.2 Å². The summed E-state index contributed by atoms with van der Waals surface area (Å²) in [5.41, 5.74) is 0.892. The smallest absolute Gasteiger partial charge is 0.265 e. The zero-order chi connectivity index (χ0) is 18.1. The van der Waals surface area contributed by atoms with Gasteiger partial charge in [-0.15, -0.1) is 0 Å². The highest BCUT2D eigenvalue weighted by atomic mass is 16.5. The summed E-state index contributed by atoms with van der Waals surface area (Å²) in [4.78, 5) is 29.8. The Hall–Kier alpha value is -3.67. The van der Waals surface area contributed by atoms with E-state index in [-0.39, 0.29) is 11.5 Å². The molecule has 4 aromatic rings. The number of pyridine rings is 1. The molecule has 0 fully saturated rings. The first-order valence-electron chi connectivity index (χ1n) is 8.00. The van der Waals surface area contributed by atoms with Crippen LogP contribution < -0.4 is 10.3 Å². The van der Waals surface area contributed by atoms with Crippen molar-refractivity contribution in [3.05, 3.63) is 89.4 Å². The van der Waals surface area contributed by atoms with Gasteiger partial charge in [-0.05, 0) is 30.3 Å². The summed E-state index contributed by atoms with van der Waals surface area (Å²) in [5.74, 6) is 0.443. The molecule has 0 N–H and O–H groups in total. The van der Waals surface area contributed by atoms with E-state index < -0.39 is 0 Å². The maximum atomic E-state index is 12.9. The van der Waals surface area contributed by atoms with Crippen LogP contribution in [0.25, 0.3) is 16.5 Å². The van der Waals surface area contributed by atoms with E-state index in [0.29, 0.717) is 27.8 Å². The highest BCUT2D eigenvalue weighted by Crippen LogP contribution is 2.20. The summed E-state index contributed by atoms with van der Waals surface area (Å²) in [6, 6.07) is 14.2. The lowest BCUT2D eigenvalue weighted by Crippen LogP contribution is -2.22. The Bertz CT molecular complexity index is 1140. The molecule has 0 unspecified atom stereocenters.